The molecule has 0 aliphatic heterocycles. The maximum atomic E-state index is 2.22. The van der Waals surface area contributed by atoms with Gasteiger partial charge < -0.3 is 0 Å². The molecule has 0 heteroatoms. The summed E-state index contributed by atoms with van der Waals surface area (Å²) in [6.07, 6.45) is 0. The fourth-order valence-electron chi connectivity index (χ4n) is 2.07. The van der Waals surface area contributed by atoms with Crippen molar-refractivity contribution >= 4 is 10.8 Å². The molecule has 0 aromatic heterocycles. The molecule has 0 heterocycles. The van der Waals surface area contributed by atoms with Crippen molar-refractivity contribution in [2.75, 3.05) is 0 Å². The van der Waals surface area contributed by atoms with Gasteiger partial charge in [-0.3, -0.25) is 0 Å². The number of rotatable bonds is 0. The molecule has 0 fully saturated rings. The van der Waals surface area contributed by atoms with E-state index >= 15 is 0 Å². The van der Waals surface area contributed by atoms with Crippen molar-refractivity contribution in [3.63, 3.8) is 0 Å². The van der Waals surface area contributed by atoms with Crippen LogP contribution in [0.1, 0.15) is 123 Å². The number of hydrogen-bond acceptors (Lipinski definition) is 0. The predicted molar refractivity (Wildman–Crippen MR) is 171 cm³/mol. The van der Waals surface area contributed by atoms with E-state index < -0.39 is 0 Å². The van der Waals surface area contributed by atoms with Gasteiger partial charge in [0.25, 0.3) is 0 Å². The summed E-state index contributed by atoms with van der Waals surface area (Å²) in [4.78, 5) is 0. The van der Waals surface area contributed by atoms with Gasteiger partial charge in [0.2, 0.25) is 0 Å². The highest BCUT2D eigenvalue weighted by Crippen LogP contribution is 2.20. The molecule has 0 atom stereocenters. The van der Waals surface area contributed by atoms with Crippen LogP contribution in [0.4, 0.5) is 0 Å². The number of benzene rings is 3. The molecule has 0 unspecified atom stereocenters. The molecule has 0 saturated carbocycles. The van der Waals surface area contributed by atoms with Crippen molar-refractivity contribution in [3.05, 3.63) is 84.4 Å². The van der Waals surface area contributed by atoms with Gasteiger partial charge in [0.1, 0.15) is 0 Å². The molecule has 0 aliphatic carbocycles. The Labute approximate surface area is 223 Å². The van der Waals surface area contributed by atoms with Gasteiger partial charge in [-0.25, -0.2) is 0 Å². The molecule has 3 aromatic carbocycles. The molecule has 3 rings (SSSR count). The molecule has 0 spiro atoms. The lowest BCUT2D eigenvalue weighted by atomic mass is 9.87. The smallest absolute Gasteiger partial charge is 0.0132 e. The molecule has 0 nitrogen and oxygen atoms in total. The summed E-state index contributed by atoms with van der Waals surface area (Å²) in [5.41, 5.74) is 2.19. The maximum Gasteiger partial charge on any atom is -0.0132 e. The van der Waals surface area contributed by atoms with Gasteiger partial charge >= 0.3 is 0 Å². The summed E-state index contributed by atoms with van der Waals surface area (Å²) in [6.45, 7) is 35.4. The molecule has 0 bridgehead atoms. The van der Waals surface area contributed by atoms with E-state index in [4.69, 9.17) is 0 Å². The van der Waals surface area contributed by atoms with Gasteiger partial charge in [-0.05, 0) is 27.2 Å². The Morgan fingerprint density at radius 1 is 0.343 bits per heavy atom. The molecule has 0 amide bonds. The van der Waals surface area contributed by atoms with E-state index in [2.05, 4.69) is 127 Å². The van der Waals surface area contributed by atoms with E-state index in [9.17, 15) is 0 Å². The van der Waals surface area contributed by atoms with Crippen LogP contribution in [0.25, 0.3) is 10.8 Å². The minimum Gasteiger partial charge on any atom is -0.0683 e. The van der Waals surface area contributed by atoms with E-state index in [0.29, 0.717) is 10.8 Å². The zero-order chi connectivity index (χ0) is 28.9. The second-order valence-electron chi connectivity index (χ2n) is 8.96. The SMILES string of the molecule is CC.CC.CC.CC.CC.CC(C)(C)C.CC(C)(C)c1ccccc1.c1ccc2ccccc2c1. The first kappa shape index (κ1) is 43.0. The topological polar surface area (TPSA) is 0 Å². The zero-order valence-corrected chi connectivity index (χ0v) is 27.0. The quantitative estimate of drug-likeness (QED) is 0.297. The third kappa shape index (κ3) is 31.9. The summed E-state index contributed by atoms with van der Waals surface area (Å²) in [7, 11) is 0. The van der Waals surface area contributed by atoms with Crippen LogP contribution in [-0.2, 0) is 5.41 Å². The predicted octanol–water partition coefficient (Wildman–Crippen LogP) is 13.0. The van der Waals surface area contributed by atoms with E-state index in [1.807, 2.05) is 69.2 Å². The van der Waals surface area contributed by atoms with Gasteiger partial charge in [0, 0.05) is 0 Å². The van der Waals surface area contributed by atoms with Crippen LogP contribution in [0.3, 0.4) is 0 Å². The highest BCUT2D eigenvalue weighted by atomic mass is 14.2. The van der Waals surface area contributed by atoms with Crippen LogP contribution < -0.4 is 0 Å². The molecule has 0 aliphatic rings. The minimum absolute atomic E-state index is 0.293. The van der Waals surface area contributed by atoms with Crippen molar-refractivity contribution in [2.45, 2.75) is 123 Å². The Morgan fingerprint density at radius 3 is 0.714 bits per heavy atom. The van der Waals surface area contributed by atoms with Crippen LogP contribution in [0.2, 0.25) is 0 Å². The summed E-state index contributed by atoms with van der Waals surface area (Å²) >= 11 is 0. The van der Waals surface area contributed by atoms with Crippen molar-refractivity contribution in [2.24, 2.45) is 5.41 Å². The zero-order valence-electron chi connectivity index (χ0n) is 27.0. The number of hydrogen-bond donors (Lipinski definition) is 0. The third-order valence-corrected chi connectivity index (χ3v) is 3.30. The van der Waals surface area contributed by atoms with Crippen LogP contribution in [-0.4, -0.2) is 0 Å². The maximum absolute atomic E-state index is 2.22. The molecule has 3 aromatic rings. The highest BCUT2D eigenvalue weighted by molar-refractivity contribution is 5.81. The van der Waals surface area contributed by atoms with Gasteiger partial charge in [-0.2, -0.15) is 0 Å². The minimum atomic E-state index is 0.293. The van der Waals surface area contributed by atoms with Crippen LogP contribution in [0, 0.1) is 5.41 Å². The van der Waals surface area contributed by atoms with E-state index in [1.54, 1.807) is 0 Å². The summed E-state index contributed by atoms with van der Waals surface area (Å²) in [6, 6.07) is 27.3. The fraction of sp³-hybridized carbons (Fsp3) is 0.543. The fourth-order valence-corrected chi connectivity index (χ4v) is 2.07. The summed E-state index contributed by atoms with van der Waals surface area (Å²) in [5, 5.41) is 2.62. The van der Waals surface area contributed by atoms with E-state index in [1.165, 1.54) is 16.3 Å². The lowest BCUT2D eigenvalue weighted by molar-refractivity contribution is 0.469. The first-order valence-electron chi connectivity index (χ1n) is 14.1. The van der Waals surface area contributed by atoms with Crippen LogP contribution in [0.15, 0.2) is 78.9 Å². The molecular formula is C35H64. The van der Waals surface area contributed by atoms with Gasteiger partial charge in [0.05, 0.1) is 0 Å². The lowest BCUT2D eigenvalue weighted by Gasteiger charge is -2.18. The van der Waals surface area contributed by atoms with Crippen molar-refractivity contribution in [3.8, 4) is 0 Å². The van der Waals surface area contributed by atoms with E-state index in [-0.39, 0.29) is 0 Å². The molecule has 0 N–H and O–H groups in total. The number of fused-ring (bicyclic) bond motifs is 1. The van der Waals surface area contributed by atoms with Gasteiger partial charge in [0.15, 0.2) is 0 Å². The molecule has 35 heavy (non-hydrogen) atoms. The first-order chi connectivity index (χ1) is 16.6. The Bertz CT molecular complexity index is 654. The average molecular weight is 485 g/mol. The van der Waals surface area contributed by atoms with Gasteiger partial charge in [-0.1, -0.05) is 197 Å². The third-order valence-electron chi connectivity index (χ3n) is 3.30. The van der Waals surface area contributed by atoms with Gasteiger partial charge in [-0.15, -0.1) is 0 Å². The van der Waals surface area contributed by atoms with Crippen molar-refractivity contribution in [1.29, 1.82) is 0 Å². The monoisotopic (exact) mass is 485 g/mol. The average Bonchev–Trinajstić information content (AvgIpc) is 2.89. The molecule has 0 radical (unpaired) electrons. The normalized spacial score (nSPS) is 8.71. The summed E-state index contributed by atoms with van der Waals surface area (Å²) in [5.74, 6) is 0. The lowest BCUT2D eigenvalue weighted by Crippen LogP contribution is -2.10. The highest BCUT2D eigenvalue weighted by Gasteiger charge is 2.11. The first-order valence-corrected chi connectivity index (χ1v) is 14.1. The van der Waals surface area contributed by atoms with Crippen molar-refractivity contribution in [1.82, 2.24) is 0 Å². The van der Waals surface area contributed by atoms with E-state index in [0.717, 1.165) is 0 Å². The molecule has 0 saturated heterocycles. The standard InChI is InChI=1S/C10H8.C10H14.C5H12.5C2H6/c1-2-6-10-8-4-3-7-9(10)5-1;1-10(2,3)9-7-5-4-6-8-9;1-5(2,3)4;5*1-2/h1-8H;4-8H,1-3H3;1-4H3;5*1-2H3. The van der Waals surface area contributed by atoms with Crippen molar-refractivity contribution < 1.29 is 0 Å². The molecular weight excluding hydrogens is 420 g/mol. The Kier molecular flexibility index (Phi) is 36.8. The van der Waals surface area contributed by atoms with Crippen LogP contribution in [0.5, 0.6) is 0 Å². The Balaban J connectivity index is -0.000000112. The Hall–Kier alpha value is -2.08. The Morgan fingerprint density at radius 2 is 0.543 bits per heavy atom. The second-order valence-corrected chi connectivity index (χ2v) is 8.96. The van der Waals surface area contributed by atoms with Crippen LogP contribution >= 0.6 is 0 Å². The molecule has 204 valence electrons. The summed E-state index contributed by atoms with van der Waals surface area (Å²) < 4.78 is 0. The largest absolute Gasteiger partial charge is 0.0683 e. The second kappa shape index (κ2) is 30.0.